The van der Waals surface area contributed by atoms with Crippen molar-refractivity contribution in [3.63, 3.8) is 0 Å². The summed E-state index contributed by atoms with van der Waals surface area (Å²) in [5.41, 5.74) is -2.53. The van der Waals surface area contributed by atoms with Gasteiger partial charge < -0.3 is 24.6 Å². The van der Waals surface area contributed by atoms with Crippen LogP contribution in [-0.4, -0.2) is 72.1 Å². The number of carbonyl (C=O) groups excluding carboxylic acids is 2. The number of halogens is 2. The molecular weight excluding hydrogens is 592 g/mol. The minimum Gasteiger partial charge on any atom is -0.390 e. The van der Waals surface area contributed by atoms with Crippen LogP contribution >= 0.6 is 0 Å². The number of aliphatic hydroxyl groups excluding tert-OH is 2. The van der Waals surface area contributed by atoms with Gasteiger partial charge in [0.25, 0.3) is 0 Å². The summed E-state index contributed by atoms with van der Waals surface area (Å²) in [6.07, 6.45) is -0.613. The number of hydrogen-bond acceptors (Lipinski definition) is 7. The molecule has 0 aromatic heterocycles. The fourth-order valence-corrected chi connectivity index (χ4v) is 9.69. The van der Waals surface area contributed by atoms with Gasteiger partial charge in [-0.25, -0.2) is 8.78 Å². The molecule has 1 aliphatic heterocycles. The molecule has 9 heteroatoms. The van der Waals surface area contributed by atoms with Crippen LogP contribution < -0.4 is 4.90 Å². The standard InChI is InChI=1S/C37H41F2NO6/c1-34-13-12-25(42)16-28(34)29(38)17-27-26-18-32-37(31(44)20-41,35(26,2)19-30(43)36(27,34)39)46-33(45-32)23-10-8-21(9-11-23)14-22-6-5-7-24(15-22)40(3)4/h5-13,15-16,26-27,29-30,32-33,41,43H,14,17-20H2,1-4H3/t26-,27-,29-,30-,32+,33-,34-,35-,36-,37+/m0/s1. The van der Waals surface area contributed by atoms with Gasteiger partial charge in [-0.3, -0.25) is 9.59 Å². The first-order valence-electron chi connectivity index (χ1n) is 16.1. The summed E-state index contributed by atoms with van der Waals surface area (Å²) in [5, 5.41) is 21.9. The van der Waals surface area contributed by atoms with Gasteiger partial charge in [-0.2, -0.15) is 0 Å². The van der Waals surface area contributed by atoms with Gasteiger partial charge in [0.1, 0.15) is 12.8 Å². The van der Waals surface area contributed by atoms with E-state index in [4.69, 9.17) is 9.47 Å². The first kappa shape index (κ1) is 31.4. The molecule has 2 aromatic carbocycles. The van der Waals surface area contributed by atoms with Crippen molar-refractivity contribution in [1.29, 1.82) is 0 Å². The number of ketones is 2. The Hall–Kier alpha value is -3.24. The second-order valence-corrected chi connectivity index (χ2v) is 14.5. The van der Waals surface area contributed by atoms with Gasteiger partial charge in [0.15, 0.2) is 29.1 Å². The molecule has 46 heavy (non-hydrogen) atoms. The van der Waals surface area contributed by atoms with Gasteiger partial charge in [0, 0.05) is 42.1 Å². The number of allylic oxidation sites excluding steroid dienone is 4. The Bertz CT molecular complexity index is 1640. The Labute approximate surface area is 267 Å². The van der Waals surface area contributed by atoms with Crippen LogP contribution in [-0.2, 0) is 25.5 Å². The largest absolute Gasteiger partial charge is 0.390 e. The lowest BCUT2D eigenvalue weighted by Crippen LogP contribution is -2.70. The predicted octanol–water partition coefficient (Wildman–Crippen LogP) is 4.99. The molecule has 5 aliphatic rings. The number of hydrogen-bond donors (Lipinski definition) is 2. The molecule has 244 valence electrons. The highest BCUT2D eigenvalue weighted by molar-refractivity contribution is 6.01. The number of ether oxygens (including phenoxy) is 2. The first-order chi connectivity index (χ1) is 21.8. The number of nitrogens with zero attached hydrogens (tertiary/aromatic N) is 1. The highest BCUT2D eigenvalue weighted by Crippen LogP contribution is 2.72. The predicted molar refractivity (Wildman–Crippen MR) is 168 cm³/mol. The number of rotatable bonds is 6. The maximum atomic E-state index is 17.6. The topological polar surface area (TPSA) is 96.3 Å². The van der Waals surface area contributed by atoms with E-state index < -0.39 is 76.8 Å². The third-order valence-electron chi connectivity index (χ3n) is 12.0. The lowest BCUT2D eigenvalue weighted by atomic mass is 9.44. The molecule has 1 heterocycles. The molecule has 7 nitrogen and oxygen atoms in total. The van der Waals surface area contributed by atoms with E-state index in [1.54, 1.807) is 13.8 Å². The molecule has 1 saturated heterocycles. The fourth-order valence-electron chi connectivity index (χ4n) is 9.69. The van der Waals surface area contributed by atoms with Gasteiger partial charge in [-0.15, -0.1) is 0 Å². The van der Waals surface area contributed by atoms with Crippen molar-refractivity contribution in [2.24, 2.45) is 22.7 Å². The van der Waals surface area contributed by atoms with Crippen LogP contribution in [0.2, 0.25) is 0 Å². The average molecular weight is 634 g/mol. The Morgan fingerprint density at radius 2 is 1.80 bits per heavy atom. The lowest BCUT2D eigenvalue weighted by molar-refractivity contribution is -0.235. The first-order valence-corrected chi connectivity index (χ1v) is 16.1. The molecule has 7 rings (SSSR count). The maximum Gasteiger partial charge on any atom is 0.193 e. The van der Waals surface area contributed by atoms with E-state index in [9.17, 15) is 19.8 Å². The summed E-state index contributed by atoms with van der Waals surface area (Å²) >= 11 is 0. The minimum absolute atomic E-state index is 0.0437. The smallest absolute Gasteiger partial charge is 0.193 e. The zero-order valence-corrected chi connectivity index (χ0v) is 26.6. The third kappa shape index (κ3) is 4.14. The van der Waals surface area contributed by atoms with Crippen LogP contribution in [0.1, 0.15) is 56.1 Å². The number of carbonyl (C=O) groups is 2. The van der Waals surface area contributed by atoms with Crippen molar-refractivity contribution in [3.05, 3.63) is 89.0 Å². The Morgan fingerprint density at radius 3 is 2.50 bits per heavy atom. The van der Waals surface area contributed by atoms with E-state index in [1.165, 1.54) is 12.2 Å². The van der Waals surface area contributed by atoms with E-state index in [-0.39, 0.29) is 24.8 Å². The van der Waals surface area contributed by atoms with Crippen LogP contribution in [0.25, 0.3) is 0 Å². The number of Topliss-reactive ketones (excluding diaryl/α,β-unsaturated/α-hetero) is 1. The van der Waals surface area contributed by atoms with Gasteiger partial charge in [0.05, 0.1) is 12.2 Å². The van der Waals surface area contributed by atoms with Crippen LogP contribution in [0.3, 0.4) is 0 Å². The van der Waals surface area contributed by atoms with Gasteiger partial charge in [0.2, 0.25) is 0 Å². The maximum absolute atomic E-state index is 17.6. The Morgan fingerprint density at radius 1 is 1.07 bits per heavy atom. The number of fused-ring (bicyclic) bond motifs is 7. The quantitative estimate of drug-likeness (QED) is 0.463. The summed E-state index contributed by atoms with van der Waals surface area (Å²) in [7, 11) is 4.00. The molecule has 0 bridgehead atoms. The lowest BCUT2D eigenvalue weighted by Gasteiger charge is -2.63. The number of benzene rings is 2. The molecular formula is C37H41F2NO6. The van der Waals surface area contributed by atoms with Gasteiger partial charge >= 0.3 is 0 Å². The molecule has 10 atom stereocenters. The van der Waals surface area contributed by atoms with E-state index in [0.29, 0.717) is 5.56 Å². The van der Waals surface area contributed by atoms with E-state index >= 15 is 8.78 Å². The number of anilines is 1. The van der Waals surface area contributed by atoms with Crippen molar-refractivity contribution < 1.29 is 38.1 Å². The molecule has 2 N–H and O–H groups in total. The van der Waals surface area contributed by atoms with Crippen LogP contribution in [0, 0.1) is 22.7 Å². The molecule has 0 unspecified atom stereocenters. The van der Waals surface area contributed by atoms with E-state index in [1.807, 2.05) is 44.4 Å². The zero-order valence-electron chi connectivity index (χ0n) is 26.6. The van der Waals surface area contributed by atoms with Crippen LogP contribution in [0.15, 0.2) is 72.3 Å². The molecule has 0 spiro atoms. The SMILES string of the molecule is CN(C)c1cccc(Cc2ccc([C@H]3O[C@@H]4C[C@H]5[C@@H]6C[C@H](F)C7=CC(=O)C=C[C@]7(C)[C@@]6(F)[C@@H](O)C[C@]5(C)[C@]4(C(=O)CO)O3)cc2)c1. The van der Waals surface area contributed by atoms with Gasteiger partial charge in [-0.1, -0.05) is 49.4 Å². The molecule has 4 aliphatic carbocycles. The summed E-state index contributed by atoms with van der Waals surface area (Å²) < 4.78 is 46.4. The van der Waals surface area contributed by atoms with Crippen molar-refractivity contribution >= 4 is 17.3 Å². The normalized spacial score (nSPS) is 40.9. The monoisotopic (exact) mass is 633 g/mol. The van der Waals surface area contributed by atoms with Crippen molar-refractivity contribution in [3.8, 4) is 0 Å². The van der Waals surface area contributed by atoms with Crippen LogP contribution in [0.4, 0.5) is 14.5 Å². The zero-order chi connectivity index (χ0) is 32.8. The van der Waals surface area contributed by atoms with E-state index in [0.717, 1.165) is 29.3 Å². The van der Waals surface area contributed by atoms with Crippen molar-refractivity contribution in [2.75, 3.05) is 25.6 Å². The Balaban J connectivity index is 1.19. The summed E-state index contributed by atoms with van der Waals surface area (Å²) in [5.74, 6) is -2.58. The molecule has 3 saturated carbocycles. The number of aliphatic hydroxyl groups is 2. The van der Waals surface area contributed by atoms with E-state index in [2.05, 4.69) is 23.1 Å². The van der Waals surface area contributed by atoms with Crippen molar-refractivity contribution in [2.45, 2.75) is 75.5 Å². The average Bonchev–Trinajstić information content (AvgIpc) is 3.53. The molecule has 0 amide bonds. The highest BCUT2D eigenvalue weighted by atomic mass is 19.1. The molecule has 2 aromatic rings. The van der Waals surface area contributed by atoms with Crippen LogP contribution in [0.5, 0.6) is 0 Å². The Kier molecular flexibility index (Phi) is 7.25. The third-order valence-corrected chi connectivity index (χ3v) is 12.0. The highest BCUT2D eigenvalue weighted by Gasteiger charge is 2.80. The second kappa shape index (κ2) is 10.6. The summed E-state index contributed by atoms with van der Waals surface area (Å²) in [4.78, 5) is 28.0. The summed E-state index contributed by atoms with van der Waals surface area (Å²) in [6.45, 7) is 2.51. The molecule has 4 fully saturated rings. The second-order valence-electron chi connectivity index (χ2n) is 14.5. The van der Waals surface area contributed by atoms with Crippen molar-refractivity contribution in [1.82, 2.24) is 0 Å². The molecule has 0 radical (unpaired) electrons. The fraction of sp³-hybridized carbons (Fsp3) is 0.514. The summed E-state index contributed by atoms with van der Waals surface area (Å²) in [6, 6.07) is 16.1. The minimum atomic E-state index is -2.29. The number of alkyl halides is 2. The van der Waals surface area contributed by atoms with Gasteiger partial charge in [-0.05, 0) is 79.5 Å².